The van der Waals surface area contributed by atoms with Crippen LogP contribution >= 0.6 is 0 Å². The summed E-state index contributed by atoms with van der Waals surface area (Å²) in [5.41, 5.74) is 7.52. The third-order valence-corrected chi connectivity index (χ3v) is 8.41. The van der Waals surface area contributed by atoms with Crippen LogP contribution in [0.2, 0.25) is 0 Å². The molecule has 1 aromatic rings. The van der Waals surface area contributed by atoms with Crippen molar-refractivity contribution in [1.29, 1.82) is 0 Å². The Kier molecular flexibility index (Phi) is 19.9. The van der Waals surface area contributed by atoms with Gasteiger partial charge in [0.2, 0.25) is 0 Å². The number of ether oxygens (including phenoxy) is 5. The lowest BCUT2D eigenvalue weighted by molar-refractivity contribution is -0.158. The molecule has 1 saturated heterocycles. The number of esters is 4. The summed E-state index contributed by atoms with van der Waals surface area (Å²) >= 11 is 0. The van der Waals surface area contributed by atoms with E-state index in [2.05, 4.69) is 10.3 Å². The Hall–Kier alpha value is -3.30. The van der Waals surface area contributed by atoms with Crippen LogP contribution in [0.4, 0.5) is 0 Å². The van der Waals surface area contributed by atoms with Crippen molar-refractivity contribution in [2.24, 2.45) is 17.6 Å². The van der Waals surface area contributed by atoms with Crippen LogP contribution in [0, 0.1) is 11.8 Å². The number of nitrogens with zero attached hydrogens (tertiary/aromatic N) is 3. The Bertz CT molecular complexity index is 1320. The molecule has 14 heteroatoms. The van der Waals surface area contributed by atoms with E-state index in [1.807, 2.05) is 117 Å². The molecule has 326 valence electrons. The van der Waals surface area contributed by atoms with Crippen LogP contribution in [0.25, 0.3) is 0 Å². The summed E-state index contributed by atoms with van der Waals surface area (Å²) in [5, 5.41) is 1.87. The van der Waals surface area contributed by atoms with Gasteiger partial charge < -0.3 is 29.4 Å². The quantitative estimate of drug-likeness (QED) is 0.150. The smallest absolute Gasteiger partial charge is 0.322 e. The topological polar surface area (TPSA) is 162 Å². The van der Waals surface area contributed by atoms with Gasteiger partial charge in [0.15, 0.2) is 0 Å². The number of hydrogen-bond donors (Lipinski definition) is 2. The molecule has 0 saturated carbocycles. The zero-order chi connectivity index (χ0) is 43.0. The average Bonchev–Trinajstić information content (AvgIpc) is 3.02. The number of hydrogen-bond acceptors (Lipinski definition) is 14. The molecule has 0 aliphatic carbocycles. The van der Waals surface area contributed by atoms with E-state index >= 15 is 0 Å². The number of benzene rings is 1. The monoisotopic (exact) mass is 806 g/mol. The Morgan fingerprint density at radius 1 is 0.649 bits per heavy atom. The van der Waals surface area contributed by atoms with Gasteiger partial charge in [0.25, 0.3) is 0 Å². The van der Waals surface area contributed by atoms with Crippen molar-refractivity contribution in [3.8, 4) is 5.75 Å². The summed E-state index contributed by atoms with van der Waals surface area (Å²) < 4.78 is 28.8. The number of carbonyl (C=O) groups is 4. The molecule has 0 radical (unpaired) electrons. The van der Waals surface area contributed by atoms with Crippen molar-refractivity contribution in [2.75, 3.05) is 72.1 Å². The second-order valence-electron chi connectivity index (χ2n) is 19.2. The third kappa shape index (κ3) is 24.3. The molecule has 1 aliphatic heterocycles. The van der Waals surface area contributed by atoms with Crippen LogP contribution in [-0.2, 0) is 44.5 Å². The zero-order valence-electron chi connectivity index (χ0n) is 37.2. The van der Waals surface area contributed by atoms with Gasteiger partial charge in [-0.2, -0.15) is 0 Å². The summed E-state index contributed by atoms with van der Waals surface area (Å²) in [4.78, 5) is 57.2. The first-order valence-corrected chi connectivity index (χ1v) is 20.5. The summed E-state index contributed by atoms with van der Waals surface area (Å²) in [6.07, 6.45) is 2.05. The van der Waals surface area contributed by atoms with Crippen LogP contribution < -0.4 is 15.9 Å². The van der Waals surface area contributed by atoms with Crippen molar-refractivity contribution in [3.63, 3.8) is 0 Å². The highest BCUT2D eigenvalue weighted by atomic mass is 16.6. The molecular formula is C43H75N5O9. The molecule has 1 heterocycles. The lowest BCUT2D eigenvalue weighted by Gasteiger charge is -2.33. The van der Waals surface area contributed by atoms with Crippen LogP contribution in [0.3, 0.4) is 0 Å². The number of nitrogens with two attached hydrogens (primary N) is 1. The lowest BCUT2D eigenvalue weighted by atomic mass is 9.98. The van der Waals surface area contributed by atoms with E-state index in [1.54, 1.807) is 0 Å². The van der Waals surface area contributed by atoms with Crippen LogP contribution in [0.1, 0.15) is 108 Å². The Balaban J connectivity index is 2.59. The SMILES string of the molecule is CC(C)(C)OC(=O)CC1CCN(CC(=O)OC(C)(C)C)CCN(CC(=O)OC(C)(C)C)CC(Cc2ccc(OCCCN)cc2)CN(CC(=O)OC(C)(C)C)NC1. The minimum absolute atomic E-state index is 0.0305. The minimum atomic E-state index is -0.685. The molecule has 2 atom stereocenters. The Morgan fingerprint density at radius 2 is 1.14 bits per heavy atom. The summed E-state index contributed by atoms with van der Waals surface area (Å²) in [6.45, 7) is 25.8. The molecule has 1 fully saturated rings. The molecule has 3 N–H and O–H groups in total. The first kappa shape index (κ1) is 49.8. The van der Waals surface area contributed by atoms with E-state index in [9.17, 15) is 19.2 Å². The van der Waals surface area contributed by atoms with Crippen molar-refractivity contribution < 1.29 is 42.9 Å². The van der Waals surface area contributed by atoms with E-state index in [0.717, 1.165) is 17.7 Å². The normalized spacial score (nSPS) is 19.0. The van der Waals surface area contributed by atoms with E-state index < -0.39 is 28.4 Å². The molecule has 1 aromatic carbocycles. The van der Waals surface area contributed by atoms with Crippen molar-refractivity contribution in [1.82, 2.24) is 20.2 Å². The fourth-order valence-corrected chi connectivity index (χ4v) is 6.33. The minimum Gasteiger partial charge on any atom is -0.494 e. The third-order valence-electron chi connectivity index (χ3n) is 8.41. The molecule has 0 spiro atoms. The highest BCUT2D eigenvalue weighted by Crippen LogP contribution is 2.21. The molecule has 57 heavy (non-hydrogen) atoms. The summed E-state index contributed by atoms with van der Waals surface area (Å²) in [6, 6.07) is 7.94. The first-order chi connectivity index (χ1) is 26.3. The van der Waals surface area contributed by atoms with Crippen molar-refractivity contribution in [3.05, 3.63) is 29.8 Å². The average molecular weight is 806 g/mol. The fraction of sp³-hybridized carbons (Fsp3) is 0.767. The Labute approximate surface area is 342 Å². The van der Waals surface area contributed by atoms with Gasteiger partial charge in [0.1, 0.15) is 34.7 Å². The molecular weight excluding hydrogens is 730 g/mol. The molecule has 2 rings (SSSR count). The summed E-state index contributed by atoms with van der Waals surface area (Å²) in [5.74, 6) is -0.985. The van der Waals surface area contributed by atoms with Gasteiger partial charge in [-0.15, -0.1) is 0 Å². The molecule has 0 amide bonds. The van der Waals surface area contributed by atoms with Crippen LogP contribution in [0.15, 0.2) is 24.3 Å². The number of carbonyl (C=O) groups excluding carboxylic acids is 4. The predicted octanol–water partition coefficient (Wildman–Crippen LogP) is 4.76. The van der Waals surface area contributed by atoms with Crippen LogP contribution in [0.5, 0.6) is 5.75 Å². The van der Waals surface area contributed by atoms with Gasteiger partial charge >= 0.3 is 23.9 Å². The van der Waals surface area contributed by atoms with Crippen LogP contribution in [-0.4, -0.2) is 133 Å². The first-order valence-electron chi connectivity index (χ1n) is 20.5. The highest BCUT2D eigenvalue weighted by Gasteiger charge is 2.29. The molecule has 14 nitrogen and oxygen atoms in total. The second kappa shape index (κ2) is 22.7. The maximum atomic E-state index is 13.4. The van der Waals surface area contributed by atoms with E-state index in [0.29, 0.717) is 65.3 Å². The largest absolute Gasteiger partial charge is 0.494 e. The fourth-order valence-electron chi connectivity index (χ4n) is 6.33. The number of hydrazine groups is 1. The molecule has 1 aliphatic rings. The molecule has 0 bridgehead atoms. The van der Waals surface area contributed by atoms with Gasteiger partial charge in [0, 0.05) is 39.1 Å². The van der Waals surface area contributed by atoms with Gasteiger partial charge in [0.05, 0.1) is 19.7 Å². The summed E-state index contributed by atoms with van der Waals surface area (Å²) in [7, 11) is 0. The second-order valence-corrected chi connectivity index (χ2v) is 19.2. The van der Waals surface area contributed by atoms with Crippen molar-refractivity contribution >= 4 is 23.9 Å². The van der Waals surface area contributed by atoms with Gasteiger partial charge in [-0.1, -0.05) is 12.1 Å². The maximum absolute atomic E-state index is 13.4. The van der Waals surface area contributed by atoms with Gasteiger partial charge in [-0.05, 0) is 145 Å². The lowest BCUT2D eigenvalue weighted by Crippen LogP contribution is -2.50. The highest BCUT2D eigenvalue weighted by molar-refractivity contribution is 5.73. The standard InChI is InChI=1S/C43H75N5O9/c1-40(2,3)54-36(49)25-33-18-20-46(29-37(50)55-41(4,5)6)21-22-47(30-38(51)56-42(7,8)9)27-34(24-32-14-16-35(17-15-32)53-23-13-19-44)28-48(45-26-33)31-39(52)57-43(10,11)12/h14-17,33-34,45H,13,18-31,44H2,1-12H3. The van der Waals surface area contributed by atoms with E-state index in [4.69, 9.17) is 29.4 Å². The number of nitrogens with one attached hydrogen (secondary N) is 1. The maximum Gasteiger partial charge on any atom is 0.322 e. The zero-order valence-corrected chi connectivity index (χ0v) is 37.2. The number of rotatable bonds is 14. The molecule has 2 unspecified atom stereocenters. The van der Waals surface area contributed by atoms with Gasteiger partial charge in [-0.3, -0.25) is 34.4 Å². The predicted molar refractivity (Wildman–Crippen MR) is 221 cm³/mol. The van der Waals surface area contributed by atoms with E-state index in [-0.39, 0.29) is 55.8 Å². The Morgan fingerprint density at radius 3 is 1.67 bits per heavy atom. The van der Waals surface area contributed by atoms with E-state index in [1.165, 1.54) is 0 Å². The van der Waals surface area contributed by atoms with Crippen molar-refractivity contribution in [2.45, 2.75) is 131 Å². The molecule has 0 aromatic heterocycles. The van der Waals surface area contributed by atoms with Gasteiger partial charge in [-0.25, -0.2) is 5.01 Å².